The molecule has 5 heteroatoms. The normalized spacial score (nSPS) is 17.2. The zero-order chi connectivity index (χ0) is 16.7. The van der Waals surface area contributed by atoms with Gasteiger partial charge >= 0.3 is 0 Å². The number of carbonyl (C=O) groups excluding carboxylic acids is 1. The van der Waals surface area contributed by atoms with Crippen LogP contribution in [-0.2, 0) is 9.53 Å². The Labute approximate surface area is 144 Å². The first kappa shape index (κ1) is 18.2. The first-order valence-corrected chi connectivity index (χ1v) is 8.78. The zero-order valence-electron chi connectivity index (χ0n) is 14.1. The Morgan fingerprint density at radius 1 is 1.26 bits per heavy atom. The van der Waals surface area contributed by atoms with Crippen LogP contribution in [0.4, 0.5) is 0 Å². The predicted molar refractivity (Wildman–Crippen MR) is 93.7 cm³/mol. The maximum Gasteiger partial charge on any atom is 0.220 e. The lowest BCUT2D eigenvalue weighted by atomic mass is 10.0. The predicted octanol–water partition coefficient (Wildman–Crippen LogP) is 3.27. The molecule has 1 aromatic rings. The molecule has 0 bridgehead atoms. The van der Waals surface area contributed by atoms with E-state index in [-0.39, 0.29) is 11.9 Å². The van der Waals surface area contributed by atoms with Crippen LogP contribution in [0.1, 0.15) is 38.3 Å². The van der Waals surface area contributed by atoms with Gasteiger partial charge in [-0.2, -0.15) is 0 Å². The molecule has 0 spiro atoms. The molecule has 1 N–H and O–H groups in total. The molecule has 1 aromatic carbocycles. The maximum absolute atomic E-state index is 12.0. The van der Waals surface area contributed by atoms with Crippen LogP contribution >= 0.6 is 11.6 Å². The van der Waals surface area contributed by atoms with Crippen LogP contribution in [0.25, 0.3) is 0 Å². The van der Waals surface area contributed by atoms with Gasteiger partial charge in [-0.05, 0) is 30.0 Å². The van der Waals surface area contributed by atoms with Crippen LogP contribution in [0.5, 0.6) is 0 Å². The summed E-state index contributed by atoms with van der Waals surface area (Å²) < 4.78 is 5.45. The van der Waals surface area contributed by atoms with E-state index in [4.69, 9.17) is 16.3 Å². The third-order valence-electron chi connectivity index (χ3n) is 4.18. The van der Waals surface area contributed by atoms with Crippen LogP contribution in [0, 0.1) is 5.92 Å². The largest absolute Gasteiger partial charge is 0.379 e. The van der Waals surface area contributed by atoms with Gasteiger partial charge in [0.25, 0.3) is 0 Å². The molecule has 4 nitrogen and oxygen atoms in total. The van der Waals surface area contributed by atoms with Crippen molar-refractivity contribution >= 4 is 17.5 Å². The summed E-state index contributed by atoms with van der Waals surface area (Å²) in [6.07, 6.45) is 1.52. The number of benzene rings is 1. The monoisotopic (exact) mass is 338 g/mol. The van der Waals surface area contributed by atoms with Gasteiger partial charge in [0.2, 0.25) is 5.91 Å². The van der Waals surface area contributed by atoms with Crippen LogP contribution in [-0.4, -0.2) is 43.7 Å². The summed E-state index contributed by atoms with van der Waals surface area (Å²) in [7, 11) is 0. The van der Waals surface area contributed by atoms with Gasteiger partial charge in [-0.1, -0.05) is 37.6 Å². The minimum Gasteiger partial charge on any atom is -0.379 e. The topological polar surface area (TPSA) is 41.6 Å². The second kappa shape index (κ2) is 9.26. The van der Waals surface area contributed by atoms with Crippen molar-refractivity contribution in [1.82, 2.24) is 10.2 Å². The molecular weight excluding hydrogens is 312 g/mol. The van der Waals surface area contributed by atoms with Gasteiger partial charge in [-0.25, -0.2) is 0 Å². The van der Waals surface area contributed by atoms with Gasteiger partial charge in [0.15, 0.2) is 0 Å². The summed E-state index contributed by atoms with van der Waals surface area (Å²) in [6, 6.07) is 8.07. The van der Waals surface area contributed by atoms with E-state index in [0.717, 1.165) is 37.7 Å². The van der Waals surface area contributed by atoms with Gasteiger partial charge in [0.1, 0.15) is 0 Å². The van der Waals surface area contributed by atoms with E-state index in [1.807, 2.05) is 24.3 Å². The highest BCUT2D eigenvalue weighted by Crippen LogP contribution is 2.23. The van der Waals surface area contributed by atoms with Gasteiger partial charge in [0.05, 0.1) is 19.3 Å². The quantitative estimate of drug-likeness (QED) is 0.829. The number of rotatable bonds is 7. The van der Waals surface area contributed by atoms with Gasteiger partial charge < -0.3 is 10.1 Å². The van der Waals surface area contributed by atoms with E-state index in [1.165, 1.54) is 5.56 Å². The van der Waals surface area contributed by atoms with Crippen molar-refractivity contribution in [3.8, 4) is 0 Å². The molecule has 1 atom stereocenters. The van der Waals surface area contributed by atoms with Crippen LogP contribution in [0.15, 0.2) is 24.3 Å². The first-order chi connectivity index (χ1) is 11.1. The van der Waals surface area contributed by atoms with Crippen molar-refractivity contribution in [1.29, 1.82) is 0 Å². The Bertz CT molecular complexity index is 484. The summed E-state index contributed by atoms with van der Waals surface area (Å²) in [6.45, 7) is 8.15. The summed E-state index contributed by atoms with van der Waals surface area (Å²) >= 11 is 6.00. The van der Waals surface area contributed by atoms with E-state index in [2.05, 4.69) is 24.1 Å². The number of carbonyl (C=O) groups is 1. The van der Waals surface area contributed by atoms with Crippen molar-refractivity contribution < 1.29 is 9.53 Å². The number of hydrogen-bond acceptors (Lipinski definition) is 3. The molecule has 2 rings (SSSR count). The molecule has 1 fully saturated rings. The highest BCUT2D eigenvalue weighted by molar-refractivity contribution is 6.30. The molecule has 1 unspecified atom stereocenters. The van der Waals surface area contributed by atoms with Gasteiger partial charge in [-0.15, -0.1) is 0 Å². The fraction of sp³-hybridized carbons (Fsp3) is 0.611. The van der Waals surface area contributed by atoms with Crippen molar-refractivity contribution in [3.63, 3.8) is 0 Å². The SMILES string of the molecule is CC(C)CCC(=O)NCC(c1ccc(Cl)cc1)N1CCOCC1. The molecule has 1 amide bonds. The first-order valence-electron chi connectivity index (χ1n) is 8.40. The minimum absolute atomic E-state index is 0.130. The highest BCUT2D eigenvalue weighted by atomic mass is 35.5. The number of hydrogen-bond donors (Lipinski definition) is 1. The minimum atomic E-state index is 0.130. The Morgan fingerprint density at radius 3 is 2.52 bits per heavy atom. The van der Waals surface area contributed by atoms with Crippen LogP contribution in [0.3, 0.4) is 0 Å². The highest BCUT2D eigenvalue weighted by Gasteiger charge is 2.23. The lowest BCUT2D eigenvalue weighted by Gasteiger charge is -2.35. The average molecular weight is 339 g/mol. The third-order valence-corrected chi connectivity index (χ3v) is 4.43. The molecule has 0 aromatic heterocycles. The molecule has 1 aliphatic rings. The fourth-order valence-corrected chi connectivity index (χ4v) is 2.88. The standard InChI is InChI=1S/C18H27ClN2O2/c1-14(2)3-8-18(22)20-13-17(21-9-11-23-12-10-21)15-4-6-16(19)7-5-15/h4-7,14,17H,3,8-13H2,1-2H3,(H,20,22). The van der Waals surface area contributed by atoms with E-state index >= 15 is 0 Å². The van der Waals surface area contributed by atoms with Crippen LogP contribution in [0.2, 0.25) is 5.02 Å². The fourth-order valence-electron chi connectivity index (χ4n) is 2.75. The molecule has 1 heterocycles. The van der Waals surface area contributed by atoms with Crippen molar-refractivity contribution in [2.24, 2.45) is 5.92 Å². The average Bonchev–Trinajstić information content (AvgIpc) is 2.55. The Morgan fingerprint density at radius 2 is 1.91 bits per heavy atom. The Kier molecular flexibility index (Phi) is 7.34. The molecule has 0 aliphatic carbocycles. The molecule has 128 valence electrons. The molecule has 0 saturated carbocycles. The smallest absolute Gasteiger partial charge is 0.220 e. The van der Waals surface area contributed by atoms with E-state index in [0.29, 0.717) is 18.9 Å². The summed E-state index contributed by atoms with van der Waals surface area (Å²) in [5.74, 6) is 0.679. The lowest BCUT2D eigenvalue weighted by molar-refractivity contribution is -0.121. The summed E-state index contributed by atoms with van der Waals surface area (Å²) in [5.41, 5.74) is 1.18. The van der Waals surface area contributed by atoms with Gasteiger partial charge in [-0.3, -0.25) is 9.69 Å². The second-order valence-corrected chi connectivity index (χ2v) is 6.89. The Balaban J connectivity index is 1.98. The third kappa shape index (κ3) is 6.13. The molecule has 23 heavy (non-hydrogen) atoms. The Hall–Kier alpha value is -1.10. The molecular formula is C18H27ClN2O2. The molecule has 1 aliphatic heterocycles. The summed E-state index contributed by atoms with van der Waals surface area (Å²) in [5, 5.41) is 3.83. The number of ether oxygens (including phenoxy) is 1. The van der Waals surface area contributed by atoms with Crippen molar-refractivity contribution in [2.75, 3.05) is 32.8 Å². The molecule has 0 radical (unpaired) electrons. The van der Waals surface area contributed by atoms with Crippen molar-refractivity contribution in [2.45, 2.75) is 32.7 Å². The van der Waals surface area contributed by atoms with Gasteiger partial charge in [0, 0.05) is 31.1 Å². The van der Waals surface area contributed by atoms with E-state index in [1.54, 1.807) is 0 Å². The molecule has 1 saturated heterocycles. The van der Waals surface area contributed by atoms with E-state index < -0.39 is 0 Å². The summed E-state index contributed by atoms with van der Waals surface area (Å²) in [4.78, 5) is 14.4. The number of halogens is 1. The van der Waals surface area contributed by atoms with Crippen molar-refractivity contribution in [3.05, 3.63) is 34.9 Å². The maximum atomic E-state index is 12.0. The lowest BCUT2D eigenvalue weighted by Crippen LogP contribution is -2.43. The number of morpholine rings is 1. The zero-order valence-corrected chi connectivity index (χ0v) is 14.8. The second-order valence-electron chi connectivity index (χ2n) is 6.45. The number of amides is 1. The number of nitrogens with one attached hydrogen (secondary N) is 1. The number of nitrogens with zero attached hydrogens (tertiary/aromatic N) is 1. The van der Waals surface area contributed by atoms with E-state index in [9.17, 15) is 4.79 Å². The van der Waals surface area contributed by atoms with Crippen LogP contribution < -0.4 is 5.32 Å².